The summed E-state index contributed by atoms with van der Waals surface area (Å²) in [4.78, 5) is 24.6. The molecule has 0 fully saturated rings. The second-order valence-corrected chi connectivity index (χ2v) is 4.80. The second-order valence-electron chi connectivity index (χ2n) is 3.94. The molecule has 0 aliphatic heterocycles. The molecule has 0 aliphatic carbocycles. The zero-order valence-electron chi connectivity index (χ0n) is 11.0. The molecule has 22 heavy (non-hydrogen) atoms. The van der Waals surface area contributed by atoms with Gasteiger partial charge in [0.1, 0.15) is 0 Å². The topological polar surface area (TPSA) is 118 Å². The van der Waals surface area contributed by atoms with Crippen molar-refractivity contribution in [1.82, 2.24) is 4.98 Å². The number of nitro benzene ring substituents is 1. The van der Waals surface area contributed by atoms with Gasteiger partial charge in [0.25, 0.3) is 5.69 Å². The highest BCUT2D eigenvalue weighted by atomic mass is 32.1. The van der Waals surface area contributed by atoms with Crippen LogP contribution in [-0.2, 0) is 0 Å². The van der Waals surface area contributed by atoms with Crippen LogP contribution in [0, 0.1) is 10.1 Å². The Morgan fingerprint density at radius 3 is 3.00 bits per heavy atom. The number of nitrogens with one attached hydrogen (secondary N) is 1. The summed E-state index contributed by atoms with van der Waals surface area (Å²) in [5.41, 5.74) is 3.23. The van der Waals surface area contributed by atoms with E-state index >= 15 is 0 Å². The molecule has 112 valence electrons. The molecule has 0 saturated heterocycles. The summed E-state index contributed by atoms with van der Waals surface area (Å²) in [6, 6.07) is 6.17. The summed E-state index contributed by atoms with van der Waals surface area (Å²) in [6.45, 7) is 0. The Morgan fingerprint density at radius 2 is 2.32 bits per heavy atom. The van der Waals surface area contributed by atoms with Crippen molar-refractivity contribution in [2.45, 2.75) is 0 Å². The third-order valence-corrected chi connectivity index (χ3v) is 3.16. The van der Waals surface area contributed by atoms with Gasteiger partial charge in [-0.15, -0.1) is 11.3 Å². The molecule has 2 rings (SSSR count). The molecule has 0 radical (unpaired) electrons. The summed E-state index contributed by atoms with van der Waals surface area (Å²) in [5, 5.41) is 25.0. The zero-order chi connectivity index (χ0) is 15.9. The summed E-state index contributed by atoms with van der Waals surface area (Å²) < 4.78 is 0. The van der Waals surface area contributed by atoms with Crippen molar-refractivity contribution in [3.8, 4) is 0 Å². The fraction of sp³-hybridized carbons (Fsp3) is 0. The van der Waals surface area contributed by atoms with Crippen LogP contribution < -0.4 is 5.43 Å². The Kier molecular flexibility index (Phi) is 4.94. The maximum Gasteiger partial charge on any atom is 0.355 e. The van der Waals surface area contributed by atoms with E-state index in [1.54, 1.807) is 24.3 Å². The maximum absolute atomic E-state index is 10.6. The van der Waals surface area contributed by atoms with Crippen LogP contribution in [-0.4, -0.2) is 27.2 Å². The van der Waals surface area contributed by atoms with Gasteiger partial charge in [-0.05, 0) is 11.6 Å². The third-order valence-electron chi connectivity index (χ3n) is 2.41. The first-order valence-corrected chi connectivity index (χ1v) is 6.83. The molecule has 0 bridgehead atoms. The quantitative estimate of drug-likeness (QED) is 0.480. The van der Waals surface area contributed by atoms with Gasteiger partial charge in [0.05, 0.1) is 4.92 Å². The molecule has 0 saturated carbocycles. The predicted molar refractivity (Wildman–Crippen MR) is 83.3 cm³/mol. The Hall–Kier alpha value is -3.07. The molecule has 0 amide bonds. The molecule has 1 aromatic heterocycles. The second kappa shape index (κ2) is 7.09. The van der Waals surface area contributed by atoms with Gasteiger partial charge in [-0.1, -0.05) is 18.2 Å². The highest BCUT2D eigenvalue weighted by Gasteiger charge is 2.07. The minimum Gasteiger partial charge on any atom is -0.476 e. The van der Waals surface area contributed by atoms with Crippen LogP contribution >= 0.6 is 11.3 Å². The SMILES string of the molecule is O=C(O)c1csc(NN=CC=Cc2cccc([N+](=O)[O-])c2)n1. The molecule has 0 unspecified atom stereocenters. The number of nitro groups is 1. The van der Waals surface area contributed by atoms with Gasteiger partial charge in [0.15, 0.2) is 5.69 Å². The number of aromatic carboxylic acids is 1. The normalized spacial score (nSPS) is 11.1. The van der Waals surface area contributed by atoms with Gasteiger partial charge in [-0.25, -0.2) is 9.78 Å². The van der Waals surface area contributed by atoms with Crippen LogP contribution in [0.2, 0.25) is 0 Å². The highest BCUT2D eigenvalue weighted by Crippen LogP contribution is 2.15. The average molecular weight is 318 g/mol. The predicted octanol–water partition coefficient (Wildman–Crippen LogP) is 2.86. The van der Waals surface area contributed by atoms with E-state index in [1.165, 1.54) is 23.7 Å². The number of carboxylic acids is 1. The van der Waals surface area contributed by atoms with Gasteiger partial charge in [0.2, 0.25) is 5.13 Å². The van der Waals surface area contributed by atoms with Crippen LogP contribution in [0.5, 0.6) is 0 Å². The molecule has 0 spiro atoms. The average Bonchev–Trinajstić information content (AvgIpc) is 2.96. The van der Waals surface area contributed by atoms with Gasteiger partial charge < -0.3 is 5.11 Å². The molecule has 1 aromatic carbocycles. The van der Waals surface area contributed by atoms with E-state index in [-0.39, 0.29) is 11.4 Å². The van der Waals surface area contributed by atoms with E-state index in [0.717, 1.165) is 11.3 Å². The largest absolute Gasteiger partial charge is 0.476 e. The Labute approximate surface area is 128 Å². The van der Waals surface area contributed by atoms with Crippen molar-refractivity contribution in [3.63, 3.8) is 0 Å². The molecule has 1 heterocycles. The molecule has 0 atom stereocenters. The van der Waals surface area contributed by atoms with Crippen LogP contribution in [0.4, 0.5) is 10.8 Å². The number of aromatic nitrogens is 1. The number of nitrogens with zero attached hydrogens (tertiary/aromatic N) is 3. The van der Waals surface area contributed by atoms with E-state index < -0.39 is 10.9 Å². The number of thiazole rings is 1. The number of hydrogen-bond acceptors (Lipinski definition) is 7. The molecule has 9 heteroatoms. The lowest BCUT2D eigenvalue weighted by Crippen LogP contribution is -1.96. The first kappa shape index (κ1) is 15.3. The van der Waals surface area contributed by atoms with E-state index in [9.17, 15) is 14.9 Å². The van der Waals surface area contributed by atoms with E-state index in [4.69, 9.17) is 5.11 Å². The van der Waals surface area contributed by atoms with Crippen molar-refractivity contribution < 1.29 is 14.8 Å². The van der Waals surface area contributed by atoms with Crippen LogP contribution in [0.1, 0.15) is 16.1 Å². The minimum atomic E-state index is -1.10. The first-order chi connectivity index (χ1) is 10.6. The standard InChI is InChI=1S/C13H10N4O4S/c18-12(19)11-8-22-13(15-11)16-14-6-2-4-9-3-1-5-10(7-9)17(20)21/h1-8H,(H,15,16)(H,18,19). The first-order valence-electron chi connectivity index (χ1n) is 5.95. The Bertz CT molecular complexity index is 754. The smallest absolute Gasteiger partial charge is 0.355 e. The number of non-ortho nitro benzene ring substituents is 1. The number of anilines is 1. The molecular formula is C13H10N4O4S. The van der Waals surface area contributed by atoms with Crippen molar-refractivity contribution in [3.05, 3.63) is 57.1 Å². The summed E-state index contributed by atoms with van der Waals surface area (Å²) in [6.07, 6.45) is 4.68. The van der Waals surface area contributed by atoms with Gasteiger partial charge in [0, 0.05) is 23.7 Å². The summed E-state index contributed by atoms with van der Waals surface area (Å²) >= 11 is 1.12. The lowest BCUT2D eigenvalue weighted by atomic mass is 10.2. The van der Waals surface area contributed by atoms with E-state index in [1.807, 2.05) is 0 Å². The molecule has 8 nitrogen and oxygen atoms in total. The van der Waals surface area contributed by atoms with Crippen molar-refractivity contribution in [1.29, 1.82) is 0 Å². The van der Waals surface area contributed by atoms with Crippen LogP contribution in [0.3, 0.4) is 0 Å². The summed E-state index contributed by atoms with van der Waals surface area (Å²) in [7, 11) is 0. The van der Waals surface area contributed by atoms with Gasteiger partial charge in [-0.3, -0.25) is 15.5 Å². The molecular weight excluding hydrogens is 308 g/mol. The van der Waals surface area contributed by atoms with E-state index in [0.29, 0.717) is 10.7 Å². The van der Waals surface area contributed by atoms with Crippen LogP contribution in [0.25, 0.3) is 6.08 Å². The number of rotatable bonds is 6. The maximum atomic E-state index is 10.6. The third kappa shape index (κ3) is 4.21. The van der Waals surface area contributed by atoms with E-state index in [2.05, 4.69) is 15.5 Å². The Balaban J connectivity index is 1.92. The van der Waals surface area contributed by atoms with Gasteiger partial charge in [-0.2, -0.15) is 5.10 Å². The van der Waals surface area contributed by atoms with Crippen LogP contribution in [0.15, 0.2) is 40.8 Å². The summed E-state index contributed by atoms with van der Waals surface area (Å²) in [5.74, 6) is -1.10. The fourth-order valence-corrected chi connectivity index (χ4v) is 2.09. The number of benzene rings is 1. The number of hydrogen-bond donors (Lipinski definition) is 2. The number of hydrazone groups is 1. The lowest BCUT2D eigenvalue weighted by molar-refractivity contribution is -0.384. The molecule has 2 N–H and O–H groups in total. The lowest BCUT2D eigenvalue weighted by Gasteiger charge is -1.93. The number of allylic oxidation sites excluding steroid dienone is 1. The van der Waals surface area contributed by atoms with Crippen molar-refractivity contribution in [2.24, 2.45) is 5.10 Å². The number of carboxylic acid groups (broad SMARTS) is 1. The fourth-order valence-electron chi connectivity index (χ4n) is 1.46. The Morgan fingerprint density at radius 1 is 1.50 bits per heavy atom. The monoisotopic (exact) mass is 318 g/mol. The number of carbonyl (C=O) groups is 1. The molecule has 0 aliphatic rings. The highest BCUT2D eigenvalue weighted by molar-refractivity contribution is 7.13. The van der Waals surface area contributed by atoms with Crippen molar-refractivity contribution >= 4 is 40.4 Å². The molecule has 2 aromatic rings. The minimum absolute atomic E-state index is 0.0150. The van der Waals surface area contributed by atoms with Crippen molar-refractivity contribution in [2.75, 3.05) is 5.43 Å². The zero-order valence-corrected chi connectivity index (χ0v) is 11.9. The van der Waals surface area contributed by atoms with Gasteiger partial charge >= 0.3 is 5.97 Å².